The molecule has 1 fully saturated rings. The number of aromatic nitrogens is 1. The van der Waals surface area contributed by atoms with Crippen molar-refractivity contribution in [3.63, 3.8) is 0 Å². The predicted molar refractivity (Wildman–Crippen MR) is 102 cm³/mol. The molecule has 1 aromatic carbocycles. The van der Waals surface area contributed by atoms with Gasteiger partial charge in [-0.3, -0.25) is 15.6 Å². The molecule has 6 heteroatoms. The van der Waals surface area contributed by atoms with E-state index in [-0.39, 0.29) is 5.91 Å². The Morgan fingerprint density at radius 2 is 2.12 bits per heavy atom. The highest BCUT2D eigenvalue weighted by molar-refractivity contribution is 7.99. The van der Waals surface area contributed by atoms with E-state index in [0.29, 0.717) is 18.2 Å². The number of thioether (sulfide) groups is 1. The fraction of sp³-hybridized carbons (Fsp3) is 0.368. The average molecular weight is 356 g/mol. The second-order valence-electron chi connectivity index (χ2n) is 6.18. The Balaban J connectivity index is 1.60. The van der Waals surface area contributed by atoms with E-state index in [1.54, 1.807) is 22.9 Å². The van der Waals surface area contributed by atoms with Gasteiger partial charge in [0.25, 0.3) is 5.91 Å². The normalized spacial score (nSPS) is 16.8. The first kappa shape index (κ1) is 17.9. The van der Waals surface area contributed by atoms with Crippen LogP contribution in [0.1, 0.15) is 22.3 Å². The first-order valence-corrected chi connectivity index (χ1v) is 9.58. The number of nitrogens with zero attached hydrogens (tertiary/aromatic N) is 2. The smallest absolute Gasteiger partial charge is 0.256 e. The summed E-state index contributed by atoms with van der Waals surface area (Å²) in [4.78, 5) is 19.0. The third kappa shape index (κ3) is 5.04. The highest BCUT2D eigenvalue weighted by atomic mass is 32.2. The van der Waals surface area contributed by atoms with Gasteiger partial charge in [-0.25, -0.2) is 4.98 Å². The standard InChI is InChI=1S/C19H24N4OS/c1-23(14-16-9-12-21-22-16)19(24)17-8-5-11-20-18(17)25-13-10-15-6-3-2-4-7-15/h2-8,11,16,21-22H,9-10,12-14H2,1H3. The Bertz CT molecular complexity index is 689. The van der Waals surface area contributed by atoms with E-state index in [2.05, 4.69) is 40.1 Å². The summed E-state index contributed by atoms with van der Waals surface area (Å²) in [5.74, 6) is 0.933. The van der Waals surface area contributed by atoms with E-state index >= 15 is 0 Å². The predicted octanol–water partition coefficient (Wildman–Crippen LogP) is 2.35. The van der Waals surface area contributed by atoms with Crippen LogP contribution >= 0.6 is 11.8 Å². The van der Waals surface area contributed by atoms with Crippen LogP contribution in [-0.2, 0) is 6.42 Å². The van der Waals surface area contributed by atoms with E-state index in [4.69, 9.17) is 0 Å². The fourth-order valence-corrected chi connectivity index (χ4v) is 3.85. The largest absolute Gasteiger partial charge is 0.340 e. The number of likely N-dealkylation sites (N-methyl/N-ethyl adjacent to an activating group) is 1. The maximum Gasteiger partial charge on any atom is 0.256 e. The van der Waals surface area contributed by atoms with Gasteiger partial charge in [0.1, 0.15) is 5.03 Å². The lowest BCUT2D eigenvalue weighted by Crippen LogP contribution is -2.41. The summed E-state index contributed by atoms with van der Waals surface area (Å²) in [5.41, 5.74) is 8.29. The molecule has 2 aromatic rings. The molecule has 0 saturated carbocycles. The molecule has 1 aliphatic heterocycles. The number of carbonyl (C=O) groups is 1. The van der Waals surface area contributed by atoms with Gasteiger partial charge >= 0.3 is 0 Å². The number of nitrogens with one attached hydrogen (secondary N) is 2. The molecule has 5 nitrogen and oxygen atoms in total. The molecule has 0 aliphatic carbocycles. The van der Waals surface area contributed by atoms with Gasteiger partial charge in [0, 0.05) is 38.1 Å². The zero-order chi connectivity index (χ0) is 17.5. The van der Waals surface area contributed by atoms with Crippen molar-refractivity contribution in [3.8, 4) is 0 Å². The molecule has 3 rings (SSSR count). The molecule has 0 bridgehead atoms. The van der Waals surface area contributed by atoms with Crippen molar-refractivity contribution in [2.75, 3.05) is 25.9 Å². The first-order chi connectivity index (χ1) is 12.2. The highest BCUT2D eigenvalue weighted by Crippen LogP contribution is 2.22. The van der Waals surface area contributed by atoms with Crippen molar-refractivity contribution in [3.05, 3.63) is 59.8 Å². The van der Waals surface area contributed by atoms with Gasteiger partial charge in [-0.1, -0.05) is 30.3 Å². The van der Waals surface area contributed by atoms with Crippen LogP contribution in [0, 0.1) is 0 Å². The summed E-state index contributed by atoms with van der Waals surface area (Å²) in [6.45, 7) is 1.63. The van der Waals surface area contributed by atoms with Gasteiger partial charge in [-0.2, -0.15) is 0 Å². The monoisotopic (exact) mass is 356 g/mol. The topological polar surface area (TPSA) is 57.3 Å². The zero-order valence-electron chi connectivity index (χ0n) is 14.4. The average Bonchev–Trinajstić information content (AvgIpc) is 3.15. The summed E-state index contributed by atoms with van der Waals surface area (Å²) in [6, 6.07) is 14.4. The number of hydrazine groups is 1. The molecule has 0 radical (unpaired) electrons. The van der Waals surface area contributed by atoms with Crippen molar-refractivity contribution in [2.24, 2.45) is 0 Å². The Hall–Kier alpha value is -1.89. The van der Waals surface area contributed by atoms with Gasteiger partial charge in [-0.05, 0) is 30.5 Å². The van der Waals surface area contributed by atoms with Crippen LogP contribution < -0.4 is 10.9 Å². The summed E-state index contributed by atoms with van der Waals surface area (Å²) in [7, 11) is 1.85. The third-order valence-corrected chi connectivity index (χ3v) is 5.25. The molecule has 1 atom stereocenters. The lowest BCUT2D eigenvalue weighted by molar-refractivity contribution is 0.0778. The Kier molecular flexibility index (Phi) is 6.44. The van der Waals surface area contributed by atoms with E-state index in [1.165, 1.54) is 5.56 Å². The molecular weight excluding hydrogens is 332 g/mol. The van der Waals surface area contributed by atoms with Crippen molar-refractivity contribution in [2.45, 2.75) is 23.9 Å². The van der Waals surface area contributed by atoms with E-state index < -0.39 is 0 Å². The summed E-state index contributed by atoms with van der Waals surface area (Å²) in [5, 5.41) is 0.813. The van der Waals surface area contributed by atoms with Crippen molar-refractivity contribution < 1.29 is 4.79 Å². The number of hydrogen-bond donors (Lipinski definition) is 2. The molecule has 1 saturated heterocycles. The van der Waals surface area contributed by atoms with Crippen LogP contribution in [-0.4, -0.2) is 47.7 Å². The number of hydrogen-bond acceptors (Lipinski definition) is 5. The summed E-state index contributed by atoms with van der Waals surface area (Å²) in [6.07, 6.45) is 3.75. The van der Waals surface area contributed by atoms with E-state index in [9.17, 15) is 4.79 Å². The van der Waals surface area contributed by atoms with Crippen LogP contribution in [0.4, 0.5) is 0 Å². The number of benzene rings is 1. The minimum Gasteiger partial charge on any atom is -0.340 e. The second kappa shape index (κ2) is 8.99. The first-order valence-electron chi connectivity index (χ1n) is 8.59. The molecule has 1 unspecified atom stereocenters. The Labute approximate surface area is 153 Å². The molecule has 2 N–H and O–H groups in total. The van der Waals surface area contributed by atoms with Gasteiger partial charge in [0.2, 0.25) is 0 Å². The number of amides is 1. The molecule has 1 amide bonds. The van der Waals surface area contributed by atoms with E-state index in [1.807, 2.05) is 25.2 Å². The van der Waals surface area contributed by atoms with Gasteiger partial charge in [0.15, 0.2) is 0 Å². The van der Waals surface area contributed by atoms with Crippen molar-refractivity contribution in [1.29, 1.82) is 0 Å². The Morgan fingerprint density at radius 3 is 2.88 bits per heavy atom. The fourth-order valence-electron chi connectivity index (χ4n) is 2.87. The Morgan fingerprint density at radius 1 is 1.28 bits per heavy atom. The maximum atomic E-state index is 12.8. The van der Waals surface area contributed by atoms with Gasteiger partial charge < -0.3 is 4.90 Å². The molecular formula is C19H24N4OS. The quantitative estimate of drug-likeness (QED) is 0.746. The van der Waals surface area contributed by atoms with Crippen LogP contribution in [0.5, 0.6) is 0 Å². The zero-order valence-corrected chi connectivity index (χ0v) is 15.3. The molecule has 25 heavy (non-hydrogen) atoms. The SMILES string of the molecule is CN(CC1CCNN1)C(=O)c1cccnc1SCCc1ccccc1. The van der Waals surface area contributed by atoms with Crippen molar-refractivity contribution in [1.82, 2.24) is 20.7 Å². The number of carbonyl (C=O) groups excluding carboxylic acids is 1. The van der Waals surface area contributed by atoms with Crippen LogP contribution in [0.15, 0.2) is 53.7 Å². The number of aryl methyl sites for hydroxylation is 1. The summed E-state index contributed by atoms with van der Waals surface area (Å²) < 4.78 is 0. The van der Waals surface area contributed by atoms with Crippen molar-refractivity contribution >= 4 is 17.7 Å². The lowest BCUT2D eigenvalue weighted by atomic mass is 10.2. The summed E-state index contributed by atoms with van der Waals surface area (Å²) >= 11 is 1.64. The molecule has 1 aromatic heterocycles. The molecule has 1 aliphatic rings. The van der Waals surface area contributed by atoms with Gasteiger partial charge in [0.05, 0.1) is 5.56 Å². The number of pyridine rings is 1. The van der Waals surface area contributed by atoms with Crippen LogP contribution in [0.3, 0.4) is 0 Å². The van der Waals surface area contributed by atoms with Crippen LogP contribution in [0.2, 0.25) is 0 Å². The number of rotatable bonds is 7. The lowest BCUT2D eigenvalue weighted by Gasteiger charge is -2.21. The third-order valence-electron chi connectivity index (χ3n) is 4.24. The minimum absolute atomic E-state index is 0.0315. The van der Waals surface area contributed by atoms with Crippen LogP contribution in [0.25, 0.3) is 0 Å². The van der Waals surface area contributed by atoms with E-state index in [0.717, 1.165) is 30.2 Å². The molecule has 2 heterocycles. The molecule has 132 valence electrons. The highest BCUT2D eigenvalue weighted by Gasteiger charge is 2.21. The van der Waals surface area contributed by atoms with Gasteiger partial charge in [-0.15, -0.1) is 11.8 Å². The minimum atomic E-state index is 0.0315. The maximum absolute atomic E-state index is 12.8. The molecule has 0 spiro atoms. The second-order valence-corrected chi connectivity index (χ2v) is 7.27.